The summed E-state index contributed by atoms with van der Waals surface area (Å²) in [5.41, 5.74) is 0. The number of alkyl halides is 4. The summed E-state index contributed by atoms with van der Waals surface area (Å²) < 4.78 is 49.8. The zero-order valence-electron chi connectivity index (χ0n) is 9.51. The van der Waals surface area contributed by atoms with Crippen molar-refractivity contribution in [2.24, 2.45) is 0 Å². The molecule has 2 heterocycles. The number of hydrogen-bond donors (Lipinski definition) is 1. The van der Waals surface area contributed by atoms with Gasteiger partial charge in [-0.2, -0.15) is 8.78 Å². The van der Waals surface area contributed by atoms with Gasteiger partial charge in [0.05, 0.1) is 6.54 Å². The van der Waals surface area contributed by atoms with Crippen LogP contribution in [0.4, 0.5) is 17.6 Å². The summed E-state index contributed by atoms with van der Waals surface area (Å²) in [4.78, 5) is 3.66. The molecule has 0 amide bonds. The first kappa shape index (κ1) is 13.0. The van der Waals surface area contributed by atoms with Crippen molar-refractivity contribution in [1.82, 2.24) is 15.1 Å². The molecule has 0 aromatic carbocycles. The molecule has 0 aromatic heterocycles. The van der Waals surface area contributed by atoms with Crippen molar-refractivity contribution in [3.8, 4) is 0 Å². The maximum Gasteiger partial charge on any atom is 0.319 e. The Kier molecular flexibility index (Phi) is 3.89. The van der Waals surface area contributed by atoms with Crippen molar-refractivity contribution in [3.63, 3.8) is 0 Å². The van der Waals surface area contributed by atoms with Gasteiger partial charge in [-0.3, -0.25) is 9.80 Å². The molecule has 17 heavy (non-hydrogen) atoms. The smallest absolute Gasteiger partial charge is 0.314 e. The monoisotopic (exact) mass is 255 g/mol. The molecule has 0 radical (unpaired) electrons. The quantitative estimate of drug-likeness (QED) is 0.737. The average Bonchev–Trinajstić information content (AvgIpc) is 2.17. The molecule has 100 valence electrons. The molecule has 3 nitrogen and oxygen atoms in total. The summed E-state index contributed by atoms with van der Waals surface area (Å²) in [5, 5.41) is 3.15. The van der Waals surface area contributed by atoms with Crippen LogP contribution in [0.15, 0.2) is 0 Å². The van der Waals surface area contributed by atoms with E-state index in [0.29, 0.717) is 32.2 Å². The highest BCUT2D eigenvalue weighted by Crippen LogP contribution is 2.24. The molecule has 0 atom stereocenters. The van der Waals surface area contributed by atoms with Gasteiger partial charge in [-0.05, 0) is 0 Å². The van der Waals surface area contributed by atoms with Crippen LogP contribution in [0.2, 0.25) is 0 Å². The molecule has 7 heteroatoms. The molecule has 0 bridgehead atoms. The molecule has 2 rings (SSSR count). The molecule has 0 unspecified atom stereocenters. The minimum atomic E-state index is -3.89. The zero-order chi connectivity index (χ0) is 12.5. The van der Waals surface area contributed by atoms with Gasteiger partial charge in [-0.25, -0.2) is 8.78 Å². The van der Waals surface area contributed by atoms with E-state index in [1.54, 1.807) is 0 Å². The number of piperazine rings is 1. The highest BCUT2D eigenvalue weighted by atomic mass is 19.3. The van der Waals surface area contributed by atoms with E-state index in [-0.39, 0.29) is 0 Å². The summed E-state index contributed by atoms with van der Waals surface area (Å²) >= 11 is 0. The number of halogens is 4. The molecule has 1 N–H and O–H groups in total. The predicted octanol–water partition coefficient (Wildman–Crippen LogP) is 0.476. The summed E-state index contributed by atoms with van der Waals surface area (Å²) in [6.45, 7) is 3.30. The Balaban J connectivity index is 1.75. The maximum absolute atomic E-state index is 12.8. The largest absolute Gasteiger partial charge is 0.319 e. The van der Waals surface area contributed by atoms with Crippen molar-refractivity contribution in [1.29, 1.82) is 0 Å². The van der Waals surface area contributed by atoms with Crippen LogP contribution in [0.25, 0.3) is 0 Å². The highest BCUT2D eigenvalue weighted by Gasteiger charge is 2.43. The van der Waals surface area contributed by atoms with Crippen molar-refractivity contribution >= 4 is 0 Å². The Morgan fingerprint density at radius 1 is 1.12 bits per heavy atom. The molecule has 0 aliphatic carbocycles. The van der Waals surface area contributed by atoms with Crippen molar-refractivity contribution in [2.45, 2.75) is 18.4 Å². The Labute approximate surface area is 97.7 Å². The van der Waals surface area contributed by atoms with Crippen molar-refractivity contribution < 1.29 is 17.6 Å². The minimum Gasteiger partial charge on any atom is -0.314 e. The maximum atomic E-state index is 12.8. The lowest BCUT2D eigenvalue weighted by Crippen LogP contribution is -2.62. The van der Waals surface area contributed by atoms with Gasteiger partial charge >= 0.3 is 12.3 Å². The lowest BCUT2D eigenvalue weighted by molar-refractivity contribution is -0.145. The van der Waals surface area contributed by atoms with Crippen LogP contribution in [-0.4, -0.2) is 74.0 Å². The van der Waals surface area contributed by atoms with Gasteiger partial charge in [0.15, 0.2) is 0 Å². The third-order valence-corrected chi connectivity index (χ3v) is 3.44. The van der Waals surface area contributed by atoms with E-state index in [1.807, 2.05) is 0 Å². The lowest BCUT2D eigenvalue weighted by atomic mass is 10.1. The number of nitrogens with one attached hydrogen (secondary N) is 1. The van der Waals surface area contributed by atoms with Crippen molar-refractivity contribution in [3.05, 3.63) is 0 Å². The molecular weight excluding hydrogens is 238 g/mol. The molecule has 0 aromatic rings. The molecule has 0 spiro atoms. The zero-order valence-corrected chi connectivity index (χ0v) is 9.51. The molecule has 2 fully saturated rings. The van der Waals surface area contributed by atoms with E-state index in [1.165, 1.54) is 4.90 Å². The fourth-order valence-electron chi connectivity index (χ4n) is 2.19. The third kappa shape index (κ3) is 3.08. The van der Waals surface area contributed by atoms with Gasteiger partial charge in [0.1, 0.15) is 0 Å². The Bertz CT molecular complexity index is 250. The third-order valence-electron chi connectivity index (χ3n) is 3.44. The van der Waals surface area contributed by atoms with E-state index < -0.39 is 18.9 Å². The number of nitrogens with zero attached hydrogens (tertiary/aromatic N) is 2. The van der Waals surface area contributed by atoms with Gasteiger partial charge in [-0.1, -0.05) is 0 Å². The summed E-state index contributed by atoms with van der Waals surface area (Å²) in [6.07, 6.45) is -3.57. The van der Waals surface area contributed by atoms with Crippen LogP contribution in [-0.2, 0) is 0 Å². The average molecular weight is 255 g/mol. The van der Waals surface area contributed by atoms with Gasteiger partial charge in [0, 0.05) is 45.3 Å². The fraction of sp³-hybridized carbons (Fsp3) is 1.00. The first-order chi connectivity index (χ1) is 7.99. The van der Waals surface area contributed by atoms with Crippen LogP contribution in [0.5, 0.6) is 0 Å². The van der Waals surface area contributed by atoms with E-state index >= 15 is 0 Å². The van der Waals surface area contributed by atoms with Gasteiger partial charge < -0.3 is 5.32 Å². The second-order valence-corrected chi connectivity index (χ2v) is 4.69. The lowest BCUT2D eigenvalue weighted by Gasteiger charge is -2.43. The van der Waals surface area contributed by atoms with Crippen molar-refractivity contribution in [2.75, 3.05) is 45.8 Å². The van der Waals surface area contributed by atoms with Crippen LogP contribution in [0, 0.1) is 0 Å². The Morgan fingerprint density at radius 2 is 1.71 bits per heavy atom. The first-order valence-corrected chi connectivity index (χ1v) is 5.82. The molecular formula is C10H17F4N3. The Hall–Kier alpha value is -0.400. The number of hydrogen-bond acceptors (Lipinski definition) is 3. The summed E-state index contributed by atoms with van der Waals surface area (Å²) in [6, 6.07) is 0.493. The molecule has 2 aliphatic rings. The molecule has 2 aliphatic heterocycles. The van der Waals surface area contributed by atoms with Crippen LogP contribution in [0.3, 0.4) is 0 Å². The van der Waals surface area contributed by atoms with Gasteiger partial charge in [-0.15, -0.1) is 0 Å². The van der Waals surface area contributed by atoms with E-state index in [2.05, 4.69) is 10.2 Å². The van der Waals surface area contributed by atoms with Gasteiger partial charge in [0.2, 0.25) is 0 Å². The number of rotatable bonds is 4. The Morgan fingerprint density at radius 3 is 2.12 bits per heavy atom. The van der Waals surface area contributed by atoms with Crippen LogP contribution >= 0.6 is 0 Å². The normalized spacial score (nSPS) is 25.2. The van der Waals surface area contributed by atoms with Crippen LogP contribution < -0.4 is 5.32 Å². The van der Waals surface area contributed by atoms with Gasteiger partial charge in [0.25, 0.3) is 0 Å². The molecule has 2 saturated heterocycles. The standard InChI is InChI=1S/C10H17F4N3/c11-9(12)10(13,14)7-16-1-3-17(4-2-16)8-5-15-6-8/h8-9,15H,1-7H2. The predicted molar refractivity (Wildman–Crippen MR) is 55.6 cm³/mol. The SMILES string of the molecule is FC(F)C(F)(F)CN1CCN(C2CNC2)CC1. The molecule has 0 saturated carbocycles. The van der Waals surface area contributed by atoms with E-state index in [4.69, 9.17) is 0 Å². The topological polar surface area (TPSA) is 18.5 Å². The second-order valence-electron chi connectivity index (χ2n) is 4.69. The first-order valence-electron chi connectivity index (χ1n) is 5.82. The van der Waals surface area contributed by atoms with E-state index in [0.717, 1.165) is 13.1 Å². The van der Waals surface area contributed by atoms with Crippen LogP contribution in [0.1, 0.15) is 0 Å². The highest BCUT2D eigenvalue weighted by molar-refractivity contribution is 4.88. The van der Waals surface area contributed by atoms with E-state index in [9.17, 15) is 17.6 Å². The summed E-state index contributed by atoms with van der Waals surface area (Å²) in [5.74, 6) is -3.89. The minimum absolute atomic E-state index is 0.443. The second kappa shape index (κ2) is 5.07. The summed E-state index contributed by atoms with van der Waals surface area (Å²) in [7, 11) is 0. The fourth-order valence-corrected chi connectivity index (χ4v) is 2.19.